The van der Waals surface area contributed by atoms with Crippen LogP contribution in [0.15, 0.2) is 72.8 Å². The summed E-state index contributed by atoms with van der Waals surface area (Å²) in [4.78, 5) is 12.3. The molecule has 0 spiro atoms. The van der Waals surface area contributed by atoms with Crippen molar-refractivity contribution in [3.05, 3.63) is 95.1 Å². The first-order valence-electron chi connectivity index (χ1n) is 8.93. The molecule has 0 unspecified atom stereocenters. The van der Waals surface area contributed by atoms with Crippen molar-refractivity contribution in [3.8, 4) is 17.2 Å². The van der Waals surface area contributed by atoms with Crippen molar-refractivity contribution in [2.75, 3.05) is 7.11 Å². The molecule has 3 aromatic rings. The number of phenolic OH excluding ortho intramolecular Hbond substituents is 1. The van der Waals surface area contributed by atoms with E-state index in [-0.39, 0.29) is 11.5 Å². The minimum atomic E-state index is -0.131. The number of phenols is 1. The van der Waals surface area contributed by atoms with E-state index in [1.807, 2.05) is 49.4 Å². The lowest BCUT2D eigenvalue weighted by atomic mass is 10.1. The van der Waals surface area contributed by atoms with Gasteiger partial charge in [-0.3, -0.25) is 4.79 Å². The van der Waals surface area contributed by atoms with Crippen LogP contribution >= 0.6 is 0 Å². The topological polar surface area (TPSA) is 55.8 Å². The Morgan fingerprint density at radius 2 is 1.75 bits per heavy atom. The van der Waals surface area contributed by atoms with E-state index in [2.05, 4.69) is 0 Å². The Labute approximate surface area is 164 Å². The number of ketones is 1. The smallest absolute Gasteiger partial charge is 0.185 e. The zero-order chi connectivity index (χ0) is 19.9. The number of carbonyl (C=O) groups is 1. The molecule has 1 N–H and O–H groups in total. The molecule has 0 aliphatic carbocycles. The first-order valence-corrected chi connectivity index (χ1v) is 8.93. The van der Waals surface area contributed by atoms with Crippen LogP contribution in [0.1, 0.15) is 27.0 Å². The highest BCUT2D eigenvalue weighted by molar-refractivity contribution is 6.06. The van der Waals surface area contributed by atoms with Gasteiger partial charge in [-0.25, -0.2) is 0 Å². The van der Waals surface area contributed by atoms with Crippen LogP contribution in [0.5, 0.6) is 17.2 Å². The number of hydrogen-bond acceptors (Lipinski definition) is 4. The summed E-state index contributed by atoms with van der Waals surface area (Å²) in [5, 5.41) is 9.32. The molecule has 0 aliphatic rings. The third-order valence-corrected chi connectivity index (χ3v) is 4.36. The Kier molecular flexibility index (Phi) is 6.12. The summed E-state index contributed by atoms with van der Waals surface area (Å²) in [6.45, 7) is 2.36. The van der Waals surface area contributed by atoms with Crippen molar-refractivity contribution in [1.82, 2.24) is 0 Å². The fourth-order valence-electron chi connectivity index (χ4n) is 2.78. The number of para-hydroxylation sites is 1. The lowest BCUT2D eigenvalue weighted by Crippen LogP contribution is -2.00. The fourth-order valence-corrected chi connectivity index (χ4v) is 2.78. The minimum Gasteiger partial charge on any atom is -0.508 e. The van der Waals surface area contributed by atoms with Gasteiger partial charge >= 0.3 is 0 Å². The summed E-state index contributed by atoms with van der Waals surface area (Å²) in [6.07, 6.45) is 3.27. The number of aromatic hydroxyl groups is 1. The summed E-state index contributed by atoms with van der Waals surface area (Å²) in [7, 11) is 1.62. The number of methoxy groups -OCH3 is 1. The van der Waals surface area contributed by atoms with E-state index in [0.717, 1.165) is 28.2 Å². The molecule has 0 fully saturated rings. The molecule has 0 aromatic heterocycles. The highest BCUT2D eigenvalue weighted by Gasteiger charge is 2.07. The van der Waals surface area contributed by atoms with Crippen molar-refractivity contribution >= 4 is 11.9 Å². The van der Waals surface area contributed by atoms with E-state index < -0.39 is 0 Å². The number of aryl methyl sites for hydroxylation is 1. The van der Waals surface area contributed by atoms with Gasteiger partial charge in [0.05, 0.1) is 7.11 Å². The molecule has 0 saturated carbocycles. The molecule has 0 heterocycles. The van der Waals surface area contributed by atoms with Gasteiger partial charge in [-0.2, -0.15) is 0 Å². The maximum absolute atomic E-state index is 12.3. The summed E-state index contributed by atoms with van der Waals surface area (Å²) in [5.41, 5.74) is 3.35. The lowest BCUT2D eigenvalue weighted by molar-refractivity contribution is 0.104. The molecule has 0 aliphatic heterocycles. The Morgan fingerprint density at radius 3 is 2.46 bits per heavy atom. The average molecular weight is 374 g/mol. The molecule has 4 heteroatoms. The molecule has 0 bridgehead atoms. The molecular formula is C24H22O4. The Bertz CT molecular complexity index is 988. The van der Waals surface area contributed by atoms with Crippen LogP contribution in [0.2, 0.25) is 0 Å². The second-order valence-corrected chi connectivity index (χ2v) is 6.37. The number of rotatable bonds is 7. The molecule has 4 nitrogen and oxygen atoms in total. The van der Waals surface area contributed by atoms with Gasteiger partial charge in [-0.1, -0.05) is 30.3 Å². The van der Waals surface area contributed by atoms with Gasteiger partial charge in [0.1, 0.15) is 23.9 Å². The minimum absolute atomic E-state index is 0.131. The molecule has 142 valence electrons. The third kappa shape index (κ3) is 4.80. The van der Waals surface area contributed by atoms with E-state index in [1.165, 1.54) is 18.2 Å². The predicted octanol–water partition coefficient (Wildman–Crippen LogP) is 5.18. The zero-order valence-corrected chi connectivity index (χ0v) is 15.9. The fraction of sp³-hybridized carbons (Fsp3) is 0.125. The normalized spacial score (nSPS) is 10.8. The number of benzene rings is 3. The van der Waals surface area contributed by atoms with Crippen molar-refractivity contribution in [2.24, 2.45) is 0 Å². The largest absolute Gasteiger partial charge is 0.508 e. The van der Waals surface area contributed by atoms with Gasteiger partial charge in [-0.15, -0.1) is 0 Å². The zero-order valence-electron chi connectivity index (χ0n) is 15.9. The highest BCUT2D eigenvalue weighted by atomic mass is 16.5. The molecule has 3 aromatic carbocycles. The number of ether oxygens (including phenoxy) is 2. The number of carbonyl (C=O) groups excluding carboxylic acids is 1. The first kappa shape index (κ1) is 19.2. The summed E-state index contributed by atoms with van der Waals surface area (Å²) in [5.74, 6) is 1.56. The number of hydrogen-bond donors (Lipinski definition) is 1. The Morgan fingerprint density at radius 1 is 1.00 bits per heavy atom. The maximum Gasteiger partial charge on any atom is 0.185 e. The third-order valence-electron chi connectivity index (χ3n) is 4.36. The molecule has 28 heavy (non-hydrogen) atoms. The lowest BCUT2D eigenvalue weighted by Gasteiger charge is -2.12. The van der Waals surface area contributed by atoms with Gasteiger partial charge in [0.2, 0.25) is 0 Å². The maximum atomic E-state index is 12.3. The van der Waals surface area contributed by atoms with E-state index >= 15 is 0 Å². The highest BCUT2D eigenvalue weighted by Crippen LogP contribution is 2.24. The molecule has 0 saturated heterocycles. The SMILES string of the molecule is COc1ccc(/C=C/C(=O)c2ccc(O)cc2)cc1COc1ccccc1C. The van der Waals surface area contributed by atoms with Gasteiger partial charge in [0.15, 0.2) is 5.78 Å². The molecule has 0 atom stereocenters. The van der Waals surface area contributed by atoms with Crippen molar-refractivity contribution < 1.29 is 19.4 Å². The van der Waals surface area contributed by atoms with E-state index in [1.54, 1.807) is 25.3 Å². The summed E-state index contributed by atoms with van der Waals surface area (Å²) in [6, 6.07) is 19.7. The molecule has 0 amide bonds. The van der Waals surface area contributed by atoms with Gasteiger partial charge < -0.3 is 14.6 Å². The Balaban J connectivity index is 1.75. The second-order valence-electron chi connectivity index (χ2n) is 6.37. The van der Waals surface area contributed by atoms with E-state index in [9.17, 15) is 9.90 Å². The van der Waals surface area contributed by atoms with E-state index in [4.69, 9.17) is 9.47 Å². The van der Waals surface area contributed by atoms with Crippen LogP contribution < -0.4 is 9.47 Å². The van der Waals surface area contributed by atoms with Gasteiger partial charge in [0, 0.05) is 11.1 Å². The van der Waals surface area contributed by atoms with Gasteiger partial charge in [0.25, 0.3) is 0 Å². The van der Waals surface area contributed by atoms with Gasteiger partial charge in [-0.05, 0) is 66.6 Å². The Hall–Kier alpha value is -3.53. The van der Waals surface area contributed by atoms with Crippen molar-refractivity contribution in [3.63, 3.8) is 0 Å². The van der Waals surface area contributed by atoms with Crippen LogP contribution in [-0.2, 0) is 6.61 Å². The van der Waals surface area contributed by atoms with E-state index in [0.29, 0.717) is 12.2 Å². The van der Waals surface area contributed by atoms with Crippen LogP contribution in [0, 0.1) is 6.92 Å². The predicted molar refractivity (Wildman–Crippen MR) is 110 cm³/mol. The first-order chi connectivity index (χ1) is 13.6. The van der Waals surface area contributed by atoms with Crippen LogP contribution in [0.4, 0.5) is 0 Å². The molecular weight excluding hydrogens is 352 g/mol. The monoisotopic (exact) mass is 374 g/mol. The molecule has 3 rings (SSSR count). The molecule has 0 radical (unpaired) electrons. The number of allylic oxidation sites excluding steroid dienone is 1. The summed E-state index contributed by atoms with van der Waals surface area (Å²) < 4.78 is 11.4. The van der Waals surface area contributed by atoms with Crippen LogP contribution in [-0.4, -0.2) is 18.0 Å². The van der Waals surface area contributed by atoms with Crippen LogP contribution in [0.25, 0.3) is 6.08 Å². The van der Waals surface area contributed by atoms with Crippen molar-refractivity contribution in [1.29, 1.82) is 0 Å². The average Bonchev–Trinajstić information content (AvgIpc) is 2.72. The van der Waals surface area contributed by atoms with Crippen molar-refractivity contribution in [2.45, 2.75) is 13.5 Å². The summed E-state index contributed by atoms with van der Waals surface area (Å²) >= 11 is 0. The van der Waals surface area contributed by atoms with Crippen LogP contribution in [0.3, 0.4) is 0 Å². The second kappa shape index (κ2) is 8.91. The quantitative estimate of drug-likeness (QED) is 0.457. The standard InChI is InChI=1S/C24H22O4/c1-17-5-3-4-6-23(17)28-16-20-15-18(8-14-24(20)27-2)7-13-22(26)19-9-11-21(25)12-10-19/h3-15,25H,16H2,1-2H3/b13-7+.